The maximum atomic E-state index is 5.12. The van der Waals surface area contributed by atoms with Gasteiger partial charge in [0.05, 0.1) is 6.04 Å². The Morgan fingerprint density at radius 2 is 1.40 bits per heavy atom. The first-order valence-corrected chi connectivity index (χ1v) is 10.3. The average Bonchev–Trinajstić information content (AvgIpc) is 2.60. The minimum atomic E-state index is 0.485. The molecule has 3 rings (SSSR count). The van der Waals surface area contributed by atoms with Crippen LogP contribution < -0.4 is 10.6 Å². The first kappa shape index (κ1) is 18.3. The molecule has 2 aliphatic carbocycles. The van der Waals surface area contributed by atoms with Crippen LogP contribution in [0.15, 0.2) is 17.1 Å². The summed E-state index contributed by atoms with van der Waals surface area (Å²) in [7, 11) is 0. The van der Waals surface area contributed by atoms with E-state index in [1.165, 1.54) is 86.6 Å². The minimum absolute atomic E-state index is 0.485. The van der Waals surface area contributed by atoms with Crippen LogP contribution in [0, 0.1) is 20.8 Å². The number of aliphatic imine (C=N–C) groups is 1. The smallest absolute Gasteiger partial charge is 0.196 e. The number of benzene rings is 1. The van der Waals surface area contributed by atoms with Crippen molar-refractivity contribution < 1.29 is 0 Å². The third-order valence-corrected chi connectivity index (χ3v) is 5.75. The topological polar surface area (TPSA) is 36.4 Å². The monoisotopic (exact) mass is 341 g/mol. The van der Waals surface area contributed by atoms with E-state index in [1.807, 2.05) is 0 Å². The number of rotatable bonds is 3. The standard InChI is InChI=1S/C22H35N3/c1-16-14-17(2)21(18(3)15-16)25-22(23-19-10-6-4-7-11-19)24-20-12-8-5-9-13-20/h14-15,19-20H,4-13H2,1-3H3,(H2,23,24,25). The summed E-state index contributed by atoms with van der Waals surface area (Å²) in [6, 6.07) is 5.58. The summed E-state index contributed by atoms with van der Waals surface area (Å²) in [5, 5.41) is 7.44. The molecule has 0 atom stereocenters. The maximum Gasteiger partial charge on any atom is 0.196 e. The Labute approximate surface area is 153 Å². The predicted molar refractivity (Wildman–Crippen MR) is 109 cm³/mol. The molecular formula is C22H35N3. The van der Waals surface area contributed by atoms with Crippen LogP contribution in [0.2, 0.25) is 0 Å². The molecule has 0 aromatic heterocycles. The van der Waals surface area contributed by atoms with E-state index in [-0.39, 0.29) is 0 Å². The summed E-state index contributed by atoms with van der Waals surface area (Å²) in [5.74, 6) is 1.01. The molecule has 3 heteroatoms. The molecule has 0 amide bonds. The molecule has 0 heterocycles. The lowest BCUT2D eigenvalue weighted by Crippen LogP contribution is -2.41. The maximum absolute atomic E-state index is 5.12. The molecule has 0 bridgehead atoms. The van der Waals surface area contributed by atoms with Gasteiger partial charge >= 0.3 is 0 Å². The van der Waals surface area contributed by atoms with Crippen LogP contribution in [-0.2, 0) is 0 Å². The van der Waals surface area contributed by atoms with Gasteiger partial charge in [0.15, 0.2) is 5.96 Å². The first-order chi connectivity index (χ1) is 12.1. The number of hydrogen-bond donors (Lipinski definition) is 2. The van der Waals surface area contributed by atoms with Crippen molar-refractivity contribution in [2.75, 3.05) is 5.32 Å². The molecule has 0 aliphatic heterocycles. The van der Waals surface area contributed by atoms with Crippen LogP contribution in [0.25, 0.3) is 0 Å². The van der Waals surface area contributed by atoms with Crippen LogP contribution in [0.5, 0.6) is 0 Å². The van der Waals surface area contributed by atoms with Gasteiger partial charge in [0, 0.05) is 11.7 Å². The van der Waals surface area contributed by atoms with Crippen LogP contribution in [0.1, 0.15) is 80.9 Å². The second-order valence-electron chi connectivity index (χ2n) is 8.15. The van der Waals surface area contributed by atoms with Gasteiger partial charge in [-0.05, 0) is 57.6 Å². The molecular weight excluding hydrogens is 306 g/mol. The Morgan fingerprint density at radius 3 is 2.00 bits per heavy atom. The van der Waals surface area contributed by atoms with E-state index in [4.69, 9.17) is 4.99 Å². The zero-order chi connectivity index (χ0) is 17.6. The third-order valence-electron chi connectivity index (χ3n) is 5.75. The van der Waals surface area contributed by atoms with Gasteiger partial charge in [-0.15, -0.1) is 0 Å². The normalized spacial score (nSPS) is 20.5. The third kappa shape index (κ3) is 5.23. The molecule has 1 aromatic rings. The number of aryl methyl sites for hydroxylation is 3. The van der Waals surface area contributed by atoms with Crippen molar-refractivity contribution in [1.29, 1.82) is 0 Å². The van der Waals surface area contributed by atoms with Crippen molar-refractivity contribution in [3.05, 3.63) is 28.8 Å². The highest BCUT2D eigenvalue weighted by Gasteiger charge is 2.18. The molecule has 25 heavy (non-hydrogen) atoms. The van der Waals surface area contributed by atoms with Crippen LogP contribution in [0.4, 0.5) is 5.69 Å². The Balaban J connectivity index is 1.78. The zero-order valence-electron chi connectivity index (χ0n) is 16.3. The van der Waals surface area contributed by atoms with Gasteiger partial charge in [-0.25, -0.2) is 4.99 Å². The molecule has 2 fully saturated rings. The number of anilines is 1. The van der Waals surface area contributed by atoms with Gasteiger partial charge in [-0.2, -0.15) is 0 Å². The van der Waals surface area contributed by atoms with Crippen molar-refractivity contribution in [2.24, 2.45) is 4.99 Å². The lowest BCUT2D eigenvalue weighted by molar-refractivity contribution is 0.408. The van der Waals surface area contributed by atoms with Crippen molar-refractivity contribution in [3.63, 3.8) is 0 Å². The molecule has 138 valence electrons. The fraction of sp³-hybridized carbons (Fsp3) is 0.682. The molecule has 2 aliphatic rings. The van der Waals surface area contributed by atoms with E-state index in [1.54, 1.807) is 0 Å². The van der Waals surface area contributed by atoms with E-state index in [2.05, 4.69) is 43.5 Å². The number of nitrogens with one attached hydrogen (secondary N) is 2. The Bertz CT molecular complexity index is 570. The van der Waals surface area contributed by atoms with Crippen LogP contribution >= 0.6 is 0 Å². The summed E-state index contributed by atoms with van der Waals surface area (Å²) < 4.78 is 0. The number of hydrogen-bond acceptors (Lipinski definition) is 1. The van der Waals surface area contributed by atoms with E-state index in [0.717, 1.165) is 5.96 Å². The van der Waals surface area contributed by atoms with Gasteiger partial charge in [0.1, 0.15) is 0 Å². The van der Waals surface area contributed by atoms with Crippen molar-refractivity contribution >= 4 is 11.6 Å². The average molecular weight is 342 g/mol. The van der Waals surface area contributed by atoms with E-state index in [9.17, 15) is 0 Å². The van der Waals surface area contributed by atoms with Gasteiger partial charge in [-0.3, -0.25) is 0 Å². The summed E-state index contributed by atoms with van der Waals surface area (Å²) in [6.45, 7) is 6.56. The Hall–Kier alpha value is -1.51. The molecule has 2 saturated carbocycles. The second-order valence-corrected chi connectivity index (χ2v) is 8.15. The van der Waals surface area contributed by atoms with Crippen molar-refractivity contribution in [3.8, 4) is 0 Å². The van der Waals surface area contributed by atoms with Crippen LogP contribution in [0.3, 0.4) is 0 Å². The van der Waals surface area contributed by atoms with E-state index in [0.29, 0.717) is 12.1 Å². The van der Waals surface area contributed by atoms with Gasteiger partial charge in [0.25, 0.3) is 0 Å². The molecule has 2 N–H and O–H groups in total. The van der Waals surface area contributed by atoms with Crippen LogP contribution in [-0.4, -0.2) is 18.0 Å². The first-order valence-electron chi connectivity index (χ1n) is 10.3. The highest BCUT2D eigenvalue weighted by atomic mass is 15.2. The highest BCUT2D eigenvalue weighted by Crippen LogP contribution is 2.24. The van der Waals surface area contributed by atoms with Crippen molar-refractivity contribution in [1.82, 2.24) is 5.32 Å². The van der Waals surface area contributed by atoms with Gasteiger partial charge in [0.2, 0.25) is 0 Å². The quantitative estimate of drug-likeness (QED) is 0.552. The van der Waals surface area contributed by atoms with Gasteiger partial charge in [-0.1, -0.05) is 56.2 Å². The lowest BCUT2D eigenvalue weighted by atomic mass is 9.95. The zero-order valence-corrected chi connectivity index (χ0v) is 16.3. The fourth-order valence-electron chi connectivity index (χ4n) is 4.43. The molecule has 3 nitrogen and oxygen atoms in total. The van der Waals surface area contributed by atoms with Crippen molar-refractivity contribution in [2.45, 2.75) is 97.1 Å². The molecule has 1 aromatic carbocycles. The van der Waals surface area contributed by atoms with E-state index < -0.39 is 0 Å². The summed E-state index contributed by atoms with van der Waals surface area (Å²) >= 11 is 0. The fourth-order valence-corrected chi connectivity index (χ4v) is 4.43. The Morgan fingerprint density at radius 1 is 0.840 bits per heavy atom. The largest absolute Gasteiger partial charge is 0.353 e. The number of nitrogens with zero attached hydrogens (tertiary/aromatic N) is 1. The summed E-state index contributed by atoms with van der Waals surface area (Å²) in [4.78, 5) is 5.12. The highest BCUT2D eigenvalue weighted by molar-refractivity contribution is 5.95. The van der Waals surface area contributed by atoms with Gasteiger partial charge < -0.3 is 10.6 Å². The lowest BCUT2D eigenvalue weighted by Gasteiger charge is -2.27. The summed E-state index contributed by atoms with van der Waals surface area (Å²) in [6.07, 6.45) is 13.1. The molecule has 0 spiro atoms. The molecule has 0 radical (unpaired) electrons. The molecule has 0 saturated heterocycles. The Kier molecular flexibility index (Phi) is 6.39. The summed E-state index contributed by atoms with van der Waals surface area (Å²) in [5.41, 5.74) is 5.16. The minimum Gasteiger partial charge on any atom is -0.353 e. The SMILES string of the molecule is Cc1cc(C)c(NC(=NC2CCCCC2)NC2CCCCC2)c(C)c1. The molecule has 0 unspecified atom stereocenters. The second kappa shape index (κ2) is 8.73. The predicted octanol–water partition coefficient (Wildman–Crippen LogP) is 5.63. The number of guanidine groups is 1. The van der Waals surface area contributed by atoms with E-state index >= 15 is 0 Å².